The summed E-state index contributed by atoms with van der Waals surface area (Å²) < 4.78 is 25.1. The lowest BCUT2D eigenvalue weighted by Crippen LogP contribution is -2.37. The Morgan fingerprint density at radius 3 is 2.36 bits per heavy atom. The summed E-state index contributed by atoms with van der Waals surface area (Å²) in [4.78, 5) is 24.3. The van der Waals surface area contributed by atoms with E-state index in [1.54, 1.807) is 0 Å². The van der Waals surface area contributed by atoms with Gasteiger partial charge in [0, 0.05) is 57.1 Å². The van der Waals surface area contributed by atoms with E-state index < -0.39 is 0 Å². The van der Waals surface area contributed by atoms with Gasteiger partial charge in [0.2, 0.25) is 11.7 Å². The fraction of sp³-hybridized carbons (Fsp3) is 0.405. The second-order valence-electron chi connectivity index (χ2n) is 13.6. The van der Waals surface area contributed by atoms with Crippen LogP contribution in [0.2, 0.25) is 0 Å². The van der Waals surface area contributed by atoms with Gasteiger partial charge in [0.1, 0.15) is 17.2 Å². The van der Waals surface area contributed by atoms with Crippen molar-refractivity contribution in [2.45, 2.75) is 38.6 Å². The fourth-order valence-corrected chi connectivity index (χ4v) is 6.87. The van der Waals surface area contributed by atoms with Crippen molar-refractivity contribution in [3.8, 4) is 0 Å². The van der Waals surface area contributed by atoms with Gasteiger partial charge in [0.05, 0.1) is 50.7 Å². The van der Waals surface area contributed by atoms with Gasteiger partial charge < -0.3 is 34.2 Å². The van der Waals surface area contributed by atoms with Crippen molar-refractivity contribution in [2.75, 3.05) is 70.7 Å². The van der Waals surface area contributed by atoms with Gasteiger partial charge in [-0.25, -0.2) is 4.98 Å². The van der Waals surface area contributed by atoms with Crippen LogP contribution in [0.15, 0.2) is 95.5 Å². The number of carbonyl (C=O) groups excluding carboxylic acids is 1. The molecule has 2 N–H and O–H groups in total. The molecule has 3 aromatic carbocycles. The van der Waals surface area contributed by atoms with Crippen molar-refractivity contribution < 1.29 is 23.4 Å². The van der Waals surface area contributed by atoms with Crippen molar-refractivity contribution in [3.63, 3.8) is 0 Å². The molecule has 0 aliphatic carbocycles. The number of carbonyl (C=O) groups is 1. The minimum atomic E-state index is 0.0842. The molecule has 3 aromatic heterocycles. The molecule has 0 bridgehead atoms. The molecule has 11 heteroatoms. The minimum Gasteiger partial charge on any atom is -0.461 e. The zero-order valence-electron chi connectivity index (χ0n) is 30.4. The number of furan rings is 1. The number of imidazole rings is 1. The van der Waals surface area contributed by atoms with Crippen LogP contribution in [-0.2, 0) is 38.4 Å². The minimum absolute atomic E-state index is 0.0842. The van der Waals surface area contributed by atoms with Gasteiger partial charge in [-0.2, -0.15) is 4.98 Å². The van der Waals surface area contributed by atoms with E-state index in [0.717, 1.165) is 85.4 Å². The largest absolute Gasteiger partial charge is 0.461 e. The Hall–Kier alpha value is -4.81. The first kappa shape index (κ1) is 36.5. The van der Waals surface area contributed by atoms with E-state index in [-0.39, 0.29) is 5.91 Å². The number of hydrogen-bond acceptors (Lipinski definition) is 9. The van der Waals surface area contributed by atoms with E-state index in [4.69, 9.17) is 23.6 Å². The smallest absolute Gasteiger partial charge is 0.236 e. The molecule has 1 amide bonds. The first-order chi connectivity index (χ1) is 26.2. The maximum absolute atomic E-state index is 12.5. The molecule has 0 atom stereocenters. The Bertz CT molecular complexity index is 2040. The number of benzene rings is 3. The van der Waals surface area contributed by atoms with E-state index in [1.165, 1.54) is 11.1 Å². The van der Waals surface area contributed by atoms with Gasteiger partial charge in [0.15, 0.2) is 0 Å². The van der Waals surface area contributed by atoms with Crippen LogP contribution < -0.4 is 15.5 Å². The Balaban J connectivity index is 0.664. The van der Waals surface area contributed by atoms with Crippen LogP contribution in [0.1, 0.15) is 36.1 Å². The van der Waals surface area contributed by atoms with Crippen molar-refractivity contribution >= 4 is 39.5 Å². The van der Waals surface area contributed by atoms with E-state index in [0.29, 0.717) is 64.3 Å². The summed E-state index contributed by atoms with van der Waals surface area (Å²) in [5, 5.41) is 7.57. The van der Waals surface area contributed by atoms with E-state index in [1.807, 2.05) is 34.9 Å². The lowest BCUT2D eigenvalue weighted by atomic mass is 9.93. The number of amides is 1. The molecule has 1 aliphatic heterocycles. The number of rotatable bonds is 20. The topological polar surface area (TPSA) is 115 Å². The summed E-state index contributed by atoms with van der Waals surface area (Å²) in [5.41, 5.74) is 5.45. The number of nitrogens with zero attached hydrogens (tertiary/aromatic N) is 4. The number of aryl methyl sites for hydroxylation is 2. The molecule has 1 aliphatic rings. The molecule has 0 spiro atoms. The first-order valence-corrected chi connectivity index (χ1v) is 18.9. The fourth-order valence-electron chi connectivity index (χ4n) is 6.87. The Kier molecular flexibility index (Phi) is 13.0. The summed E-state index contributed by atoms with van der Waals surface area (Å²) in [6.07, 6.45) is 6.38. The normalized spacial score (nSPS) is 13.8. The summed E-state index contributed by atoms with van der Waals surface area (Å²) >= 11 is 0. The molecule has 6 aromatic rings. The predicted molar refractivity (Wildman–Crippen MR) is 207 cm³/mol. The zero-order chi connectivity index (χ0) is 36.1. The van der Waals surface area contributed by atoms with E-state index in [2.05, 4.69) is 81.2 Å². The Labute approximate surface area is 310 Å². The lowest BCUT2D eigenvalue weighted by Gasteiger charge is -2.32. The first-order valence-electron chi connectivity index (χ1n) is 18.9. The van der Waals surface area contributed by atoms with Crippen molar-refractivity contribution in [2.24, 2.45) is 5.92 Å². The molecule has 1 fully saturated rings. The molecule has 1 saturated heterocycles. The molecule has 0 unspecified atom stereocenters. The third-order valence-electron chi connectivity index (χ3n) is 9.78. The van der Waals surface area contributed by atoms with Crippen LogP contribution in [-0.4, -0.2) is 86.1 Å². The van der Waals surface area contributed by atoms with Crippen molar-refractivity contribution in [1.82, 2.24) is 25.0 Å². The Morgan fingerprint density at radius 1 is 0.774 bits per heavy atom. The molecule has 278 valence electrons. The quantitative estimate of drug-likeness (QED) is 0.0921. The predicted octanol–water partition coefficient (Wildman–Crippen LogP) is 5.98. The van der Waals surface area contributed by atoms with Gasteiger partial charge in [-0.1, -0.05) is 54.6 Å². The molecule has 4 heterocycles. The number of piperidine rings is 1. The van der Waals surface area contributed by atoms with Crippen LogP contribution in [0.5, 0.6) is 0 Å². The number of anilines is 1. The number of fused-ring (bicyclic) bond motifs is 4. The SMILES string of the molecule is O=C(CC1CCN(c2ccn3c(n2)nc2ccccc23)CC1)NCCOCCOCCOCCNCc1ccc2cc(CCc3ccccc3)oc2c1. The maximum Gasteiger partial charge on any atom is 0.236 e. The highest BCUT2D eigenvalue weighted by molar-refractivity contribution is 5.80. The van der Waals surface area contributed by atoms with Crippen molar-refractivity contribution in [1.29, 1.82) is 0 Å². The average Bonchev–Trinajstić information content (AvgIpc) is 3.78. The second-order valence-corrected chi connectivity index (χ2v) is 13.6. The van der Waals surface area contributed by atoms with E-state index >= 15 is 0 Å². The monoisotopic (exact) mass is 718 g/mol. The summed E-state index contributed by atoms with van der Waals surface area (Å²) in [6, 6.07) is 29.2. The summed E-state index contributed by atoms with van der Waals surface area (Å²) in [6.45, 7) is 6.90. The third-order valence-corrected chi connectivity index (χ3v) is 9.78. The van der Waals surface area contributed by atoms with Gasteiger partial charge >= 0.3 is 0 Å². The van der Waals surface area contributed by atoms with Gasteiger partial charge in [-0.05, 0) is 66.6 Å². The average molecular weight is 719 g/mol. The molecular formula is C42H50N6O5. The zero-order valence-corrected chi connectivity index (χ0v) is 30.4. The molecule has 0 radical (unpaired) electrons. The highest BCUT2D eigenvalue weighted by atomic mass is 16.5. The van der Waals surface area contributed by atoms with Gasteiger partial charge in [0.25, 0.3) is 0 Å². The number of aromatic nitrogens is 3. The van der Waals surface area contributed by atoms with Crippen LogP contribution in [0, 0.1) is 5.92 Å². The lowest BCUT2D eigenvalue weighted by molar-refractivity contribution is -0.122. The third kappa shape index (κ3) is 10.4. The summed E-state index contributed by atoms with van der Waals surface area (Å²) in [7, 11) is 0. The van der Waals surface area contributed by atoms with Crippen molar-refractivity contribution in [3.05, 3.63) is 108 Å². The van der Waals surface area contributed by atoms with E-state index in [9.17, 15) is 4.79 Å². The number of ether oxygens (including phenoxy) is 3. The molecule has 11 nitrogen and oxygen atoms in total. The highest BCUT2D eigenvalue weighted by Crippen LogP contribution is 2.26. The maximum atomic E-state index is 12.5. The van der Waals surface area contributed by atoms with Crippen LogP contribution in [0.4, 0.5) is 5.82 Å². The highest BCUT2D eigenvalue weighted by Gasteiger charge is 2.23. The second kappa shape index (κ2) is 18.8. The number of hydrogen-bond donors (Lipinski definition) is 2. The standard InChI is InChI=1S/C42H50N6O5/c49-41(29-33-14-19-47(20-15-33)40-16-21-48-38-9-5-4-8-37(38)45-42(48)46-40)44-18-23-51-25-27-52-26-24-50-22-17-43-31-34-10-12-35-30-36(53-39(35)28-34)13-11-32-6-2-1-3-7-32/h1-10,12,16,21,28,30,33,43H,11,13-15,17-20,22-27,29,31H2,(H,44,49). The number of para-hydroxylation sites is 2. The van der Waals surface area contributed by atoms with Crippen LogP contribution in [0.3, 0.4) is 0 Å². The molecule has 7 rings (SSSR count). The van der Waals surface area contributed by atoms with Gasteiger partial charge in [-0.3, -0.25) is 9.20 Å². The van der Waals surface area contributed by atoms with Crippen LogP contribution in [0.25, 0.3) is 27.8 Å². The van der Waals surface area contributed by atoms with Crippen LogP contribution >= 0.6 is 0 Å². The summed E-state index contributed by atoms with van der Waals surface area (Å²) in [5.74, 6) is 3.14. The number of nitrogens with one attached hydrogen (secondary N) is 2. The molecule has 0 saturated carbocycles. The van der Waals surface area contributed by atoms with Gasteiger partial charge in [-0.15, -0.1) is 0 Å². The molecular weight excluding hydrogens is 668 g/mol. The Morgan fingerprint density at radius 2 is 1.53 bits per heavy atom. The molecule has 53 heavy (non-hydrogen) atoms.